The lowest BCUT2D eigenvalue weighted by molar-refractivity contribution is 0.508. The molecule has 0 saturated carbocycles. The van der Waals surface area contributed by atoms with Crippen molar-refractivity contribution in [2.45, 2.75) is 32.9 Å². The zero-order chi connectivity index (χ0) is 13.8. The van der Waals surface area contributed by atoms with Crippen LogP contribution in [0.3, 0.4) is 0 Å². The highest BCUT2D eigenvalue weighted by atomic mass is 19.1. The third-order valence-electron chi connectivity index (χ3n) is 3.17. The van der Waals surface area contributed by atoms with Gasteiger partial charge in [0.05, 0.1) is 6.04 Å². The second-order valence-corrected chi connectivity index (χ2v) is 4.42. The number of rotatable bonds is 5. The second-order valence-electron chi connectivity index (χ2n) is 4.42. The van der Waals surface area contributed by atoms with Gasteiger partial charge in [-0.1, -0.05) is 12.1 Å². The maximum Gasteiger partial charge on any atom is 0.138 e. The Labute approximate surface area is 111 Å². The van der Waals surface area contributed by atoms with Crippen LogP contribution < -0.4 is 11.3 Å². The Balaban J connectivity index is 2.22. The van der Waals surface area contributed by atoms with Gasteiger partial charge in [-0.3, -0.25) is 16.0 Å². The number of hydrogen-bond acceptors (Lipinski definition) is 4. The smallest absolute Gasteiger partial charge is 0.138 e. The van der Waals surface area contributed by atoms with E-state index in [0.29, 0.717) is 12.0 Å². The fourth-order valence-electron chi connectivity index (χ4n) is 2.05. The third-order valence-corrected chi connectivity index (χ3v) is 3.17. The lowest BCUT2D eigenvalue weighted by Gasteiger charge is -2.16. The predicted molar refractivity (Wildman–Crippen MR) is 70.6 cm³/mol. The summed E-state index contributed by atoms with van der Waals surface area (Å²) in [4.78, 5) is 4.22. The SMILES string of the molecule is CCn1ncnc1CC(NN)c1ccc(F)c(C)c1. The number of aryl methyl sites for hydroxylation is 2. The molecule has 0 aliphatic heterocycles. The van der Waals surface area contributed by atoms with Crippen LogP contribution in [0.1, 0.15) is 29.9 Å². The summed E-state index contributed by atoms with van der Waals surface area (Å²) in [5, 5.41) is 4.12. The lowest BCUT2D eigenvalue weighted by atomic mass is 10.0. The third kappa shape index (κ3) is 2.97. The Hall–Kier alpha value is -1.79. The van der Waals surface area contributed by atoms with Crippen LogP contribution in [0.15, 0.2) is 24.5 Å². The Morgan fingerprint density at radius 3 is 2.89 bits per heavy atom. The van der Waals surface area contributed by atoms with Gasteiger partial charge < -0.3 is 0 Å². The van der Waals surface area contributed by atoms with Gasteiger partial charge in [-0.2, -0.15) is 5.10 Å². The molecular weight excluding hydrogens is 245 g/mol. The summed E-state index contributed by atoms with van der Waals surface area (Å²) >= 11 is 0. The maximum absolute atomic E-state index is 13.3. The Bertz CT molecular complexity index is 552. The van der Waals surface area contributed by atoms with Crippen LogP contribution in [0, 0.1) is 12.7 Å². The highest BCUT2D eigenvalue weighted by molar-refractivity contribution is 5.27. The van der Waals surface area contributed by atoms with Crippen LogP contribution in [-0.4, -0.2) is 14.8 Å². The van der Waals surface area contributed by atoms with Crippen molar-refractivity contribution < 1.29 is 4.39 Å². The average molecular weight is 263 g/mol. The van der Waals surface area contributed by atoms with Gasteiger partial charge in [0, 0.05) is 13.0 Å². The Morgan fingerprint density at radius 1 is 1.47 bits per heavy atom. The number of aromatic nitrogens is 3. The van der Waals surface area contributed by atoms with Crippen molar-refractivity contribution in [1.29, 1.82) is 0 Å². The fourth-order valence-corrected chi connectivity index (χ4v) is 2.05. The summed E-state index contributed by atoms with van der Waals surface area (Å²) in [7, 11) is 0. The number of halogens is 1. The largest absolute Gasteiger partial charge is 0.271 e. The van der Waals surface area contributed by atoms with E-state index < -0.39 is 0 Å². The van der Waals surface area contributed by atoms with Crippen LogP contribution in [0.5, 0.6) is 0 Å². The van der Waals surface area contributed by atoms with Crippen molar-refractivity contribution in [3.8, 4) is 0 Å². The number of nitrogens with one attached hydrogen (secondary N) is 1. The van der Waals surface area contributed by atoms with E-state index in [1.165, 1.54) is 12.4 Å². The molecule has 0 aliphatic rings. The van der Waals surface area contributed by atoms with Crippen molar-refractivity contribution >= 4 is 0 Å². The van der Waals surface area contributed by atoms with Crippen molar-refractivity contribution in [3.05, 3.63) is 47.3 Å². The second kappa shape index (κ2) is 5.90. The minimum Gasteiger partial charge on any atom is -0.271 e. The van der Waals surface area contributed by atoms with Gasteiger partial charge in [-0.15, -0.1) is 0 Å². The van der Waals surface area contributed by atoms with Crippen molar-refractivity contribution in [1.82, 2.24) is 20.2 Å². The van der Waals surface area contributed by atoms with E-state index in [1.54, 1.807) is 19.1 Å². The molecule has 2 aromatic rings. The molecule has 0 aliphatic carbocycles. The van der Waals surface area contributed by atoms with Crippen LogP contribution in [0.2, 0.25) is 0 Å². The predicted octanol–water partition coefficient (Wildman–Crippen LogP) is 1.49. The van der Waals surface area contributed by atoms with Gasteiger partial charge in [0.25, 0.3) is 0 Å². The van der Waals surface area contributed by atoms with Gasteiger partial charge in [-0.25, -0.2) is 9.37 Å². The van der Waals surface area contributed by atoms with Crippen LogP contribution in [-0.2, 0) is 13.0 Å². The van der Waals surface area contributed by atoms with E-state index in [2.05, 4.69) is 15.5 Å². The van der Waals surface area contributed by atoms with Gasteiger partial charge >= 0.3 is 0 Å². The zero-order valence-electron chi connectivity index (χ0n) is 11.1. The van der Waals surface area contributed by atoms with Crippen LogP contribution in [0.4, 0.5) is 4.39 Å². The Morgan fingerprint density at radius 2 is 2.26 bits per heavy atom. The molecule has 3 N–H and O–H groups in total. The molecule has 2 rings (SSSR count). The molecule has 19 heavy (non-hydrogen) atoms. The molecule has 1 aromatic heterocycles. The molecule has 1 atom stereocenters. The van der Waals surface area contributed by atoms with Gasteiger partial charge in [0.15, 0.2) is 0 Å². The molecule has 0 radical (unpaired) electrons. The fraction of sp³-hybridized carbons (Fsp3) is 0.385. The first-order valence-electron chi connectivity index (χ1n) is 6.24. The number of nitrogens with zero attached hydrogens (tertiary/aromatic N) is 3. The van der Waals surface area contributed by atoms with Crippen molar-refractivity contribution in [3.63, 3.8) is 0 Å². The van der Waals surface area contributed by atoms with Crippen molar-refractivity contribution in [2.75, 3.05) is 0 Å². The molecule has 0 bridgehead atoms. The van der Waals surface area contributed by atoms with E-state index >= 15 is 0 Å². The normalized spacial score (nSPS) is 12.6. The van der Waals surface area contributed by atoms with Gasteiger partial charge in [0.1, 0.15) is 18.0 Å². The summed E-state index contributed by atoms with van der Waals surface area (Å²) in [6.45, 7) is 4.50. The van der Waals surface area contributed by atoms with Gasteiger partial charge in [0.2, 0.25) is 0 Å². The number of benzene rings is 1. The first kappa shape index (κ1) is 13.6. The summed E-state index contributed by atoms with van der Waals surface area (Å²) < 4.78 is 15.1. The number of nitrogens with two attached hydrogens (primary N) is 1. The molecule has 5 nitrogen and oxygen atoms in total. The number of hydrazine groups is 1. The quantitative estimate of drug-likeness (QED) is 0.633. The highest BCUT2D eigenvalue weighted by Crippen LogP contribution is 2.19. The standard InChI is InChI=1S/C13H18FN5/c1-3-19-13(16-8-17-19)7-12(18-15)10-4-5-11(14)9(2)6-10/h4-6,8,12,18H,3,7,15H2,1-2H3. The summed E-state index contributed by atoms with van der Waals surface area (Å²) in [6.07, 6.45) is 2.14. The monoisotopic (exact) mass is 263 g/mol. The maximum atomic E-state index is 13.3. The summed E-state index contributed by atoms with van der Waals surface area (Å²) in [5.74, 6) is 6.24. The summed E-state index contributed by atoms with van der Waals surface area (Å²) in [6, 6.07) is 4.87. The molecule has 0 spiro atoms. The minimum absolute atomic E-state index is 0.117. The molecule has 0 fully saturated rings. The molecule has 6 heteroatoms. The molecule has 0 amide bonds. The molecular formula is C13H18FN5. The Kier molecular flexibility index (Phi) is 4.24. The van der Waals surface area contributed by atoms with E-state index in [1.807, 2.05) is 11.6 Å². The van der Waals surface area contributed by atoms with Gasteiger partial charge in [-0.05, 0) is 31.0 Å². The van der Waals surface area contributed by atoms with E-state index in [4.69, 9.17) is 5.84 Å². The minimum atomic E-state index is -0.212. The van der Waals surface area contributed by atoms with Crippen molar-refractivity contribution in [2.24, 2.45) is 5.84 Å². The molecule has 1 aromatic carbocycles. The first-order chi connectivity index (χ1) is 9.15. The van der Waals surface area contributed by atoms with E-state index in [-0.39, 0.29) is 11.9 Å². The highest BCUT2D eigenvalue weighted by Gasteiger charge is 2.15. The number of hydrogen-bond donors (Lipinski definition) is 2. The molecule has 1 unspecified atom stereocenters. The van der Waals surface area contributed by atoms with E-state index in [0.717, 1.165) is 17.9 Å². The lowest BCUT2D eigenvalue weighted by Crippen LogP contribution is -2.30. The topological polar surface area (TPSA) is 68.8 Å². The molecule has 0 saturated heterocycles. The molecule has 1 heterocycles. The summed E-state index contributed by atoms with van der Waals surface area (Å²) in [5.41, 5.74) is 4.29. The van der Waals surface area contributed by atoms with Crippen LogP contribution >= 0.6 is 0 Å². The molecule has 102 valence electrons. The van der Waals surface area contributed by atoms with E-state index in [9.17, 15) is 4.39 Å². The van der Waals surface area contributed by atoms with Crippen LogP contribution in [0.25, 0.3) is 0 Å². The first-order valence-corrected chi connectivity index (χ1v) is 6.24. The zero-order valence-corrected chi connectivity index (χ0v) is 11.1. The average Bonchev–Trinajstić information content (AvgIpc) is 2.86.